The summed E-state index contributed by atoms with van der Waals surface area (Å²) in [5, 5.41) is 12.0. The van der Waals surface area contributed by atoms with Crippen LogP contribution in [0.15, 0.2) is 18.2 Å². The molecular weight excluding hydrogens is 232 g/mol. The van der Waals surface area contributed by atoms with E-state index in [1.807, 2.05) is 0 Å². The van der Waals surface area contributed by atoms with Gasteiger partial charge in [0.1, 0.15) is 17.3 Å². The lowest BCUT2D eigenvalue weighted by Crippen LogP contribution is -2.43. The molecule has 0 aromatic heterocycles. The molecule has 0 aliphatic heterocycles. The molecule has 0 saturated carbocycles. The smallest absolute Gasteiger partial charge is 0.339 e. The van der Waals surface area contributed by atoms with Crippen LogP contribution in [0.5, 0.6) is 0 Å². The number of carbonyl (C=O) groups excluding carboxylic acids is 1. The van der Waals surface area contributed by atoms with Gasteiger partial charge in [-0.25, -0.2) is 13.6 Å². The lowest BCUT2D eigenvalue weighted by Gasteiger charge is -2.21. The molecule has 17 heavy (non-hydrogen) atoms. The number of aliphatic hydroxyl groups is 1. The Kier molecular flexibility index (Phi) is 4.01. The van der Waals surface area contributed by atoms with Gasteiger partial charge < -0.3 is 15.2 Å². The highest BCUT2D eigenvalue weighted by Gasteiger charge is 2.31. The van der Waals surface area contributed by atoms with Crippen LogP contribution in [0.25, 0.3) is 0 Å². The minimum absolute atomic E-state index is 0.364. The van der Waals surface area contributed by atoms with Crippen molar-refractivity contribution in [2.24, 2.45) is 0 Å². The van der Waals surface area contributed by atoms with Crippen molar-refractivity contribution in [2.75, 3.05) is 19.0 Å². The number of halogens is 2. The third-order valence-corrected chi connectivity index (χ3v) is 2.20. The quantitative estimate of drug-likeness (QED) is 0.785. The molecule has 0 aliphatic carbocycles. The maximum Gasteiger partial charge on any atom is 0.339 e. The molecule has 1 rings (SSSR count). The first-order valence-electron chi connectivity index (χ1n) is 4.87. The maximum absolute atomic E-state index is 13.2. The van der Waals surface area contributed by atoms with Gasteiger partial charge in [-0.3, -0.25) is 0 Å². The fourth-order valence-electron chi connectivity index (χ4n) is 1.22. The van der Waals surface area contributed by atoms with Crippen molar-refractivity contribution in [3.05, 3.63) is 29.8 Å². The zero-order valence-corrected chi connectivity index (χ0v) is 9.46. The summed E-state index contributed by atoms with van der Waals surface area (Å²) in [6.45, 7) is 0.822. The molecule has 0 aliphatic rings. The third kappa shape index (κ3) is 3.13. The summed E-state index contributed by atoms with van der Waals surface area (Å²) in [5.74, 6) is -2.49. The molecule has 94 valence electrons. The fraction of sp³-hybridized carbons (Fsp3) is 0.364. The molecule has 0 amide bonds. The van der Waals surface area contributed by atoms with Gasteiger partial charge in [0.25, 0.3) is 0 Å². The molecule has 1 aromatic rings. The highest BCUT2D eigenvalue weighted by atomic mass is 19.1. The molecule has 0 saturated heterocycles. The molecule has 4 nitrogen and oxygen atoms in total. The Hall–Kier alpha value is -1.69. The molecular formula is C11H13F2NO3. The normalized spacial score (nSPS) is 13.9. The fourth-order valence-corrected chi connectivity index (χ4v) is 1.22. The van der Waals surface area contributed by atoms with E-state index in [2.05, 4.69) is 10.1 Å². The van der Waals surface area contributed by atoms with E-state index in [0.717, 1.165) is 19.2 Å². The molecule has 1 aromatic carbocycles. The van der Waals surface area contributed by atoms with Gasteiger partial charge in [-0.05, 0) is 19.1 Å². The van der Waals surface area contributed by atoms with E-state index in [1.54, 1.807) is 0 Å². The van der Waals surface area contributed by atoms with Gasteiger partial charge in [0.2, 0.25) is 0 Å². The average molecular weight is 245 g/mol. The number of ether oxygens (including phenoxy) is 1. The van der Waals surface area contributed by atoms with Gasteiger partial charge in [-0.2, -0.15) is 0 Å². The Labute approximate surface area is 97.2 Å². The predicted molar refractivity (Wildman–Crippen MR) is 57.5 cm³/mol. The van der Waals surface area contributed by atoms with Crippen LogP contribution >= 0.6 is 0 Å². The standard InChI is InChI=1S/C11H13F2NO3/c1-11(16,10(15)17-2)6-14-9-7(12)4-3-5-8(9)13/h3-5,14,16H,6H2,1-2H3. The summed E-state index contributed by atoms with van der Waals surface area (Å²) < 4.78 is 30.8. The van der Waals surface area contributed by atoms with Gasteiger partial charge in [0, 0.05) is 0 Å². The second-order valence-corrected chi connectivity index (χ2v) is 3.72. The highest BCUT2D eigenvalue weighted by Crippen LogP contribution is 2.19. The minimum Gasteiger partial charge on any atom is -0.467 e. The van der Waals surface area contributed by atoms with E-state index < -0.39 is 28.9 Å². The van der Waals surface area contributed by atoms with Crippen LogP contribution in [0.4, 0.5) is 14.5 Å². The summed E-state index contributed by atoms with van der Waals surface area (Å²) in [7, 11) is 1.11. The highest BCUT2D eigenvalue weighted by molar-refractivity contribution is 5.79. The average Bonchev–Trinajstić information content (AvgIpc) is 2.27. The van der Waals surface area contributed by atoms with E-state index >= 15 is 0 Å². The Bertz CT molecular complexity index is 401. The number of rotatable bonds is 4. The minimum atomic E-state index is -1.86. The summed E-state index contributed by atoms with van der Waals surface area (Å²) in [6, 6.07) is 3.35. The first kappa shape index (κ1) is 13.4. The molecule has 1 atom stereocenters. The number of esters is 1. The summed E-state index contributed by atoms with van der Waals surface area (Å²) in [5.41, 5.74) is -2.25. The Morgan fingerprint density at radius 3 is 2.47 bits per heavy atom. The largest absolute Gasteiger partial charge is 0.467 e. The van der Waals surface area contributed by atoms with Crippen LogP contribution in [0.3, 0.4) is 0 Å². The summed E-state index contributed by atoms with van der Waals surface area (Å²) >= 11 is 0. The second kappa shape index (κ2) is 5.09. The number of carbonyl (C=O) groups is 1. The SMILES string of the molecule is COC(=O)C(C)(O)CNc1c(F)cccc1F. The van der Waals surface area contributed by atoms with Crippen molar-refractivity contribution >= 4 is 11.7 Å². The topological polar surface area (TPSA) is 58.6 Å². The number of hydrogen-bond donors (Lipinski definition) is 2. The Morgan fingerprint density at radius 2 is 2.00 bits per heavy atom. The molecule has 0 radical (unpaired) electrons. The van der Waals surface area contributed by atoms with E-state index in [-0.39, 0.29) is 6.54 Å². The maximum atomic E-state index is 13.2. The molecule has 0 fully saturated rings. The van der Waals surface area contributed by atoms with E-state index in [4.69, 9.17) is 0 Å². The van der Waals surface area contributed by atoms with Crippen LogP contribution in [0.2, 0.25) is 0 Å². The molecule has 0 spiro atoms. The number of para-hydroxylation sites is 1. The van der Waals surface area contributed by atoms with Crippen molar-refractivity contribution < 1.29 is 23.4 Å². The number of anilines is 1. The predicted octanol–water partition coefficient (Wildman–Crippen LogP) is 1.30. The first-order chi connectivity index (χ1) is 7.88. The zero-order chi connectivity index (χ0) is 13.1. The van der Waals surface area contributed by atoms with E-state index in [0.29, 0.717) is 0 Å². The number of nitrogens with one attached hydrogen (secondary N) is 1. The van der Waals surface area contributed by atoms with Crippen molar-refractivity contribution in [1.82, 2.24) is 0 Å². The Morgan fingerprint density at radius 1 is 1.47 bits per heavy atom. The number of hydrogen-bond acceptors (Lipinski definition) is 4. The van der Waals surface area contributed by atoms with Crippen LogP contribution in [0, 0.1) is 11.6 Å². The Balaban J connectivity index is 2.77. The molecule has 6 heteroatoms. The monoisotopic (exact) mass is 245 g/mol. The number of methoxy groups -OCH3 is 1. The van der Waals surface area contributed by atoms with E-state index in [9.17, 15) is 18.7 Å². The molecule has 0 bridgehead atoms. The second-order valence-electron chi connectivity index (χ2n) is 3.72. The molecule has 0 heterocycles. The zero-order valence-electron chi connectivity index (χ0n) is 9.46. The van der Waals surface area contributed by atoms with Gasteiger partial charge in [-0.1, -0.05) is 6.07 Å². The van der Waals surface area contributed by atoms with Crippen LogP contribution in [0.1, 0.15) is 6.92 Å². The van der Waals surface area contributed by atoms with Crippen LogP contribution < -0.4 is 5.32 Å². The van der Waals surface area contributed by atoms with Crippen LogP contribution in [-0.4, -0.2) is 30.3 Å². The molecule has 2 N–H and O–H groups in total. The lowest BCUT2D eigenvalue weighted by molar-refractivity contribution is -0.158. The van der Waals surface area contributed by atoms with Crippen LogP contribution in [-0.2, 0) is 9.53 Å². The van der Waals surface area contributed by atoms with Gasteiger partial charge >= 0.3 is 5.97 Å². The van der Waals surface area contributed by atoms with Gasteiger partial charge in [-0.15, -0.1) is 0 Å². The summed E-state index contributed by atoms with van der Waals surface area (Å²) in [4.78, 5) is 11.1. The van der Waals surface area contributed by atoms with Crippen molar-refractivity contribution in [1.29, 1.82) is 0 Å². The van der Waals surface area contributed by atoms with Crippen molar-refractivity contribution in [2.45, 2.75) is 12.5 Å². The van der Waals surface area contributed by atoms with Crippen molar-refractivity contribution in [3.63, 3.8) is 0 Å². The van der Waals surface area contributed by atoms with E-state index in [1.165, 1.54) is 13.0 Å². The van der Waals surface area contributed by atoms with Gasteiger partial charge in [0.15, 0.2) is 5.60 Å². The first-order valence-corrected chi connectivity index (χ1v) is 4.87. The van der Waals surface area contributed by atoms with Gasteiger partial charge in [0.05, 0.1) is 13.7 Å². The van der Waals surface area contributed by atoms with Crippen molar-refractivity contribution in [3.8, 4) is 0 Å². The number of benzene rings is 1. The summed E-state index contributed by atoms with van der Waals surface area (Å²) in [6.07, 6.45) is 0. The third-order valence-electron chi connectivity index (χ3n) is 2.20. The molecule has 1 unspecified atom stereocenters. The lowest BCUT2D eigenvalue weighted by atomic mass is 10.1.